The Morgan fingerprint density at radius 3 is 2.62 bits per heavy atom. The summed E-state index contributed by atoms with van der Waals surface area (Å²) in [5, 5.41) is 7.10. The van der Waals surface area contributed by atoms with Crippen LogP contribution in [0.1, 0.15) is 11.3 Å². The summed E-state index contributed by atoms with van der Waals surface area (Å²) in [6.45, 7) is 2.36. The lowest BCUT2D eigenvalue weighted by atomic mass is 10.1. The van der Waals surface area contributed by atoms with Gasteiger partial charge in [0.1, 0.15) is 6.54 Å². The summed E-state index contributed by atoms with van der Waals surface area (Å²) in [7, 11) is 0. The van der Waals surface area contributed by atoms with E-state index in [2.05, 4.69) is 15.4 Å². The van der Waals surface area contributed by atoms with E-state index in [1.165, 1.54) is 10.7 Å². The molecule has 0 saturated carbocycles. The van der Waals surface area contributed by atoms with Gasteiger partial charge in [-0.2, -0.15) is 5.10 Å². The number of hydrogen-bond donors (Lipinski definition) is 1. The second kappa shape index (κ2) is 8.20. The molecule has 2 heterocycles. The molecule has 26 heavy (non-hydrogen) atoms. The van der Waals surface area contributed by atoms with Crippen LogP contribution in [0.4, 0.5) is 0 Å². The predicted octanol–water partition coefficient (Wildman–Crippen LogP) is 1.97. The fourth-order valence-electron chi connectivity index (χ4n) is 2.51. The van der Waals surface area contributed by atoms with Crippen molar-refractivity contribution in [3.8, 4) is 11.3 Å². The van der Waals surface area contributed by atoms with Gasteiger partial charge in [0.25, 0.3) is 5.56 Å². The van der Waals surface area contributed by atoms with Crippen LogP contribution in [0.15, 0.2) is 65.6 Å². The van der Waals surface area contributed by atoms with Crippen molar-refractivity contribution in [2.75, 3.05) is 6.54 Å². The average molecular weight is 348 g/mol. The van der Waals surface area contributed by atoms with Crippen LogP contribution in [0, 0.1) is 6.92 Å². The molecule has 0 fully saturated rings. The summed E-state index contributed by atoms with van der Waals surface area (Å²) in [5.74, 6) is -0.253. The molecule has 0 atom stereocenters. The summed E-state index contributed by atoms with van der Waals surface area (Å²) in [6.07, 6.45) is 2.36. The quantitative estimate of drug-likeness (QED) is 0.739. The van der Waals surface area contributed by atoms with Crippen LogP contribution >= 0.6 is 0 Å². The Kier molecular flexibility index (Phi) is 5.53. The SMILES string of the molecule is Cc1ccc(-c2ccc(=O)n(CC(=O)NCCc3ccccn3)n2)cc1. The van der Waals surface area contributed by atoms with Gasteiger partial charge in [-0.15, -0.1) is 0 Å². The molecule has 3 rings (SSSR count). The molecule has 1 amide bonds. The number of hydrogen-bond acceptors (Lipinski definition) is 4. The Hall–Kier alpha value is -3.28. The highest BCUT2D eigenvalue weighted by Gasteiger charge is 2.08. The lowest BCUT2D eigenvalue weighted by Gasteiger charge is -2.08. The van der Waals surface area contributed by atoms with Gasteiger partial charge in [-0.05, 0) is 25.1 Å². The lowest BCUT2D eigenvalue weighted by Crippen LogP contribution is -2.34. The smallest absolute Gasteiger partial charge is 0.267 e. The van der Waals surface area contributed by atoms with E-state index >= 15 is 0 Å². The predicted molar refractivity (Wildman–Crippen MR) is 99.6 cm³/mol. The van der Waals surface area contributed by atoms with Crippen molar-refractivity contribution < 1.29 is 4.79 Å². The summed E-state index contributed by atoms with van der Waals surface area (Å²) >= 11 is 0. The molecule has 132 valence electrons. The van der Waals surface area contributed by atoms with Crippen molar-refractivity contribution in [3.63, 3.8) is 0 Å². The number of nitrogens with zero attached hydrogens (tertiary/aromatic N) is 3. The number of aromatic nitrogens is 3. The minimum absolute atomic E-state index is 0.110. The molecule has 0 aliphatic heterocycles. The Bertz CT molecular complexity index is 934. The summed E-state index contributed by atoms with van der Waals surface area (Å²) in [5.41, 5.74) is 3.31. The molecule has 3 aromatic rings. The van der Waals surface area contributed by atoms with Gasteiger partial charge >= 0.3 is 0 Å². The molecular weight excluding hydrogens is 328 g/mol. The number of pyridine rings is 1. The van der Waals surface area contributed by atoms with Gasteiger partial charge in [0, 0.05) is 36.5 Å². The average Bonchev–Trinajstić information content (AvgIpc) is 2.65. The molecule has 0 radical (unpaired) electrons. The van der Waals surface area contributed by atoms with E-state index < -0.39 is 0 Å². The maximum atomic E-state index is 12.1. The minimum Gasteiger partial charge on any atom is -0.354 e. The third kappa shape index (κ3) is 4.63. The largest absolute Gasteiger partial charge is 0.354 e. The van der Waals surface area contributed by atoms with Crippen molar-refractivity contribution in [2.24, 2.45) is 0 Å². The molecule has 0 spiro atoms. The number of carbonyl (C=O) groups is 1. The molecule has 1 N–H and O–H groups in total. The summed E-state index contributed by atoms with van der Waals surface area (Å²) < 4.78 is 1.19. The number of amides is 1. The number of rotatable bonds is 6. The second-order valence-electron chi connectivity index (χ2n) is 6.00. The van der Waals surface area contributed by atoms with Crippen molar-refractivity contribution in [1.82, 2.24) is 20.1 Å². The van der Waals surface area contributed by atoms with Crippen LogP contribution in [0.3, 0.4) is 0 Å². The standard InChI is InChI=1S/C20H20N4O2/c1-15-5-7-16(8-6-15)18-9-10-20(26)24(23-18)14-19(25)22-13-11-17-4-2-3-12-21-17/h2-10,12H,11,13-14H2,1H3,(H,22,25). The Labute approximate surface area is 151 Å². The molecule has 0 aliphatic rings. The maximum absolute atomic E-state index is 12.1. The first-order valence-electron chi connectivity index (χ1n) is 8.43. The zero-order valence-corrected chi connectivity index (χ0v) is 14.6. The van der Waals surface area contributed by atoms with E-state index in [0.29, 0.717) is 18.7 Å². The Morgan fingerprint density at radius 2 is 1.88 bits per heavy atom. The molecule has 1 aromatic carbocycles. The summed E-state index contributed by atoms with van der Waals surface area (Å²) in [6, 6.07) is 16.6. The fraction of sp³-hybridized carbons (Fsp3) is 0.200. The highest BCUT2D eigenvalue weighted by Crippen LogP contribution is 2.15. The maximum Gasteiger partial charge on any atom is 0.267 e. The van der Waals surface area contributed by atoms with E-state index in [0.717, 1.165) is 16.8 Å². The first-order chi connectivity index (χ1) is 12.6. The molecule has 0 saturated heterocycles. The normalized spacial score (nSPS) is 10.5. The van der Waals surface area contributed by atoms with Gasteiger partial charge < -0.3 is 5.32 Å². The van der Waals surface area contributed by atoms with E-state index in [1.807, 2.05) is 49.4 Å². The number of carbonyl (C=O) groups excluding carboxylic acids is 1. The van der Waals surface area contributed by atoms with Crippen LogP contribution in [0.25, 0.3) is 11.3 Å². The van der Waals surface area contributed by atoms with Crippen LogP contribution in [-0.4, -0.2) is 27.2 Å². The zero-order valence-electron chi connectivity index (χ0n) is 14.6. The van der Waals surface area contributed by atoms with Gasteiger partial charge in [-0.3, -0.25) is 14.6 Å². The van der Waals surface area contributed by atoms with Gasteiger partial charge in [0.05, 0.1) is 5.69 Å². The van der Waals surface area contributed by atoms with Crippen LogP contribution < -0.4 is 10.9 Å². The van der Waals surface area contributed by atoms with Crippen molar-refractivity contribution >= 4 is 5.91 Å². The minimum atomic E-state index is -0.305. The first kappa shape index (κ1) is 17.5. The van der Waals surface area contributed by atoms with Crippen molar-refractivity contribution in [2.45, 2.75) is 19.9 Å². The molecule has 0 aliphatic carbocycles. The second-order valence-corrected chi connectivity index (χ2v) is 6.00. The highest BCUT2D eigenvalue weighted by atomic mass is 16.2. The third-order valence-corrected chi connectivity index (χ3v) is 3.94. The molecule has 6 nitrogen and oxygen atoms in total. The highest BCUT2D eigenvalue weighted by molar-refractivity contribution is 5.75. The van der Waals surface area contributed by atoms with Crippen LogP contribution in [0.2, 0.25) is 0 Å². The van der Waals surface area contributed by atoms with E-state index in [1.54, 1.807) is 12.3 Å². The van der Waals surface area contributed by atoms with Crippen LogP contribution in [-0.2, 0) is 17.8 Å². The summed E-state index contributed by atoms with van der Waals surface area (Å²) in [4.78, 5) is 28.3. The first-order valence-corrected chi connectivity index (χ1v) is 8.43. The van der Waals surface area contributed by atoms with E-state index in [4.69, 9.17) is 0 Å². The number of nitrogens with one attached hydrogen (secondary N) is 1. The van der Waals surface area contributed by atoms with Crippen molar-refractivity contribution in [1.29, 1.82) is 0 Å². The number of aryl methyl sites for hydroxylation is 1. The Balaban J connectivity index is 1.63. The molecule has 2 aromatic heterocycles. The van der Waals surface area contributed by atoms with Gasteiger partial charge in [-0.25, -0.2) is 4.68 Å². The molecule has 6 heteroatoms. The van der Waals surface area contributed by atoms with E-state index in [-0.39, 0.29) is 18.0 Å². The topological polar surface area (TPSA) is 76.9 Å². The van der Waals surface area contributed by atoms with Crippen LogP contribution in [0.5, 0.6) is 0 Å². The van der Waals surface area contributed by atoms with E-state index in [9.17, 15) is 9.59 Å². The Morgan fingerprint density at radius 1 is 1.08 bits per heavy atom. The molecule has 0 unspecified atom stereocenters. The van der Waals surface area contributed by atoms with Gasteiger partial charge in [0.15, 0.2) is 0 Å². The van der Waals surface area contributed by atoms with Crippen molar-refractivity contribution in [3.05, 3.63) is 82.4 Å². The monoisotopic (exact) mass is 348 g/mol. The fourth-order valence-corrected chi connectivity index (χ4v) is 2.51. The van der Waals surface area contributed by atoms with Gasteiger partial charge in [-0.1, -0.05) is 35.9 Å². The number of benzene rings is 1. The molecular formula is C20H20N4O2. The third-order valence-electron chi connectivity index (χ3n) is 3.94. The van der Waals surface area contributed by atoms with Gasteiger partial charge in [0.2, 0.25) is 5.91 Å². The molecule has 0 bridgehead atoms. The zero-order chi connectivity index (χ0) is 18.4. The lowest BCUT2D eigenvalue weighted by molar-refractivity contribution is -0.121.